The van der Waals surface area contributed by atoms with Crippen molar-refractivity contribution >= 4 is 51.2 Å². The second-order valence-corrected chi connectivity index (χ2v) is 17.3. The topological polar surface area (TPSA) is 118 Å². The molecular weight excluding hydrogens is 643 g/mol. The number of piperidine rings is 1. The maximum absolute atomic E-state index is 15.2. The number of ether oxygens (including phenoxy) is 1. The van der Waals surface area contributed by atoms with Crippen molar-refractivity contribution in [2.24, 2.45) is 0 Å². The molecule has 2 aliphatic rings. The number of halogens is 4. The van der Waals surface area contributed by atoms with Crippen molar-refractivity contribution in [1.29, 1.82) is 0 Å². The van der Waals surface area contributed by atoms with Crippen LogP contribution in [-0.2, 0) is 14.4 Å². The molecule has 5 heterocycles. The lowest BCUT2D eigenvalue weighted by Crippen LogP contribution is -2.59. The van der Waals surface area contributed by atoms with Gasteiger partial charge in [-0.3, -0.25) is 4.90 Å². The van der Waals surface area contributed by atoms with Gasteiger partial charge < -0.3 is 19.9 Å². The average molecular weight is 675 g/mol. The molecule has 0 spiro atoms. The van der Waals surface area contributed by atoms with E-state index in [1.165, 1.54) is 17.7 Å². The number of hydrogen-bond donors (Lipinski definition) is 2. The molecule has 17 heteroatoms. The van der Waals surface area contributed by atoms with Crippen LogP contribution in [0.3, 0.4) is 0 Å². The van der Waals surface area contributed by atoms with E-state index in [1.54, 1.807) is 37.6 Å². The fourth-order valence-electron chi connectivity index (χ4n) is 5.10. The summed E-state index contributed by atoms with van der Waals surface area (Å²) < 4.78 is 97.9. The lowest BCUT2D eigenvalue weighted by atomic mass is 10.0. The average Bonchev–Trinajstić information content (AvgIpc) is 3.26. The van der Waals surface area contributed by atoms with E-state index in [0.29, 0.717) is 29.9 Å². The van der Waals surface area contributed by atoms with Gasteiger partial charge in [0.25, 0.3) is 0 Å². The number of hydrogen-bond acceptors (Lipinski definition) is 10. The lowest BCUT2D eigenvalue weighted by Gasteiger charge is -2.42. The molecule has 0 radical (unpaired) electrons. The van der Waals surface area contributed by atoms with Gasteiger partial charge in [0.2, 0.25) is 5.88 Å². The minimum absolute atomic E-state index is 0.0206. The normalized spacial score (nSPS) is 20.9. The van der Waals surface area contributed by atoms with Crippen LogP contribution in [0.4, 0.5) is 29.1 Å². The first-order valence-corrected chi connectivity index (χ1v) is 18.8. The molecule has 3 aromatic heterocycles. The maximum Gasteiger partial charge on any atom is 0.446 e. The van der Waals surface area contributed by atoms with Crippen LogP contribution in [0.1, 0.15) is 12.1 Å². The molecule has 10 nitrogen and oxygen atoms in total. The number of anilines is 2. The highest BCUT2D eigenvalue weighted by molar-refractivity contribution is 8.00. The van der Waals surface area contributed by atoms with Crippen molar-refractivity contribution in [3.63, 3.8) is 0 Å². The first-order valence-electron chi connectivity index (χ1n) is 13.6. The van der Waals surface area contributed by atoms with Crippen molar-refractivity contribution < 1.29 is 35.3 Å². The van der Waals surface area contributed by atoms with Gasteiger partial charge in [0.05, 0.1) is 47.3 Å². The predicted octanol–water partition coefficient (Wildman–Crippen LogP) is 3.68. The zero-order valence-corrected chi connectivity index (χ0v) is 26.6. The summed E-state index contributed by atoms with van der Waals surface area (Å²) in [4.78, 5) is 5.92. The zero-order valence-electron chi connectivity index (χ0n) is 24.1. The fraction of sp³-hybridized carbons (Fsp3) is 0.481. The number of fused-ring (bicyclic) bond motifs is 1. The first-order chi connectivity index (χ1) is 20.6. The van der Waals surface area contributed by atoms with Gasteiger partial charge in [-0.2, -0.15) is 18.3 Å². The Hall–Kier alpha value is -2.99. The summed E-state index contributed by atoms with van der Waals surface area (Å²) in [5, 5.41) is 10.4. The smallest absolute Gasteiger partial charge is 0.446 e. The van der Waals surface area contributed by atoms with E-state index in [9.17, 15) is 26.2 Å². The van der Waals surface area contributed by atoms with Crippen LogP contribution in [0.5, 0.6) is 5.88 Å². The summed E-state index contributed by atoms with van der Waals surface area (Å²) in [5.74, 6) is 6.08. The molecule has 0 bridgehead atoms. The number of aromatic nitrogens is 3. The molecule has 44 heavy (non-hydrogen) atoms. The molecule has 1 unspecified atom stereocenters. The standard InChI is InChI=1S/C27H31F4N6O4PS2/c1-41-26-21(9-10-24(34-26)42(2,3)38)32-12-5-6-20-25(43-27(29,30)31)22-7-4-8-23(37(22)35-20)33-19-11-13-36(14-18(19)28)17-15-44(39,40)16-17/h4,7-10,17-19,32-33H,11-16H2,1-3H3/t18?,19-/m1/s1. The number of thioether (sulfide) groups is 1. The van der Waals surface area contributed by atoms with E-state index < -0.39 is 34.7 Å². The fourth-order valence-corrected chi connectivity index (χ4v) is 8.04. The third-order valence-electron chi connectivity index (χ3n) is 7.31. The third kappa shape index (κ3) is 7.44. The Bertz CT molecular complexity index is 1760. The highest BCUT2D eigenvalue weighted by Crippen LogP contribution is 2.41. The number of nitrogens with zero attached hydrogens (tertiary/aromatic N) is 4. The van der Waals surface area contributed by atoms with Crippen molar-refractivity contribution in [3.05, 3.63) is 36.0 Å². The largest absolute Gasteiger partial charge is 0.480 e. The Morgan fingerprint density at radius 3 is 2.59 bits per heavy atom. The van der Waals surface area contributed by atoms with Gasteiger partial charge in [-0.1, -0.05) is 12.0 Å². The number of pyridine rings is 2. The van der Waals surface area contributed by atoms with Crippen molar-refractivity contribution in [2.75, 3.05) is 62.2 Å². The number of methoxy groups -OCH3 is 1. The summed E-state index contributed by atoms with van der Waals surface area (Å²) in [6, 6.07) is 7.08. The van der Waals surface area contributed by atoms with Gasteiger partial charge in [-0.15, -0.1) is 0 Å². The summed E-state index contributed by atoms with van der Waals surface area (Å²) in [6.07, 6.45) is -0.944. The van der Waals surface area contributed by atoms with Crippen LogP contribution >= 0.6 is 18.9 Å². The highest BCUT2D eigenvalue weighted by atomic mass is 32.2. The van der Waals surface area contributed by atoms with Crippen molar-refractivity contribution in [1.82, 2.24) is 19.5 Å². The second-order valence-electron chi connectivity index (χ2n) is 10.9. The molecule has 2 fully saturated rings. The molecule has 3 aromatic rings. The number of sulfone groups is 1. The molecule has 5 rings (SSSR count). The number of alkyl halides is 4. The molecule has 0 amide bonds. The van der Waals surface area contributed by atoms with E-state index in [2.05, 4.69) is 32.6 Å². The van der Waals surface area contributed by atoms with Crippen LogP contribution in [-0.4, -0.2) is 103 Å². The first kappa shape index (κ1) is 32.4. The van der Waals surface area contributed by atoms with Crippen molar-refractivity contribution in [2.45, 2.75) is 35.1 Å². The van der Waals surface area contributed by atoms with Crippen LogP contribution < -0.4 is 20.8 Å². The minimum atomic E-state index is -4.60. The van der Waals surface area contributed by atoms with Crippen LogP contribution in [0, 0.1) is 11.8 Å². The number of nitrogens with one attached hydrogen (secondary N) is 2. The SMILES string of the molecule is COc1nc(P(C)(C)=O)ccc1NCC#Cc1nn2c(N[C@@H]3CCN(C4CS(=O)(=O)C4)CC3F)cccc2c1SC(F)(F)F. The zero-order chi connectivity index (χ0) is 31.9. The van der Waals surface area contributed by atoms with Crippen LogP contribution in [0.15, 0.2) is 35.2 Å². The Kier molecular flexibility index (Phi) is 9.15. The Morgan fingerprint density at radius 1 is 1.20 bits per heavy atom. The summed E-state index contributed by atoms with van der Waals surface area (Å²) in [5.41, 5.74) is -3.68. The van der Waals surface area contributed by atoms with Gasteiger partial charge in [0.1, 0.15) is 30.3 Å². The molecule has 0 saturated carbocycles. The van der Waals surface area contributed by atoms with Crippen molar-refractivity contribution in [3.8, 4) is 17.7 Å². The molecular formula is C27H31F4N6O4PS2. The summed E-state index contributed by atoms with van der Waals surface area (Å²) >= 11 is -0.325. The molecule has 238 valence electrons. The molecule has 0 aromatic carbocycles. The van der Waals surface area contributed by atoms with Crippen LogP contribution in [0.25, 0.3) is 5.52 Å². The van der Waals surface area contributed by atoms with E-state index in [4.69, 9.17) is 4.74 Å². The molecule has 2 aliphatic heterocycles. The minimum Gasteiger partial charge on any atom is -0.480 e. The van der Waals surface area contributed by atoms with Gasteiger partial charge >= 0.3 is 5.51 Å². The highest BCUT2D eigenvalue weighted by Gasteiger charge is 2.41. The molecule has 2 N–H and O–H groups in total. The number of likely N-dealkylation sites (tertiary alicyclic amines) is 1. The number of rotatable bonds is 8. The molecule has 2 saturated heterocycles. The third-order valence-corrected chi connectivity index (χ3v) is 11.3. The Morgan fingerprint density at radius 2 is 1.95 bits per heavy atom. The van der Waals surface area contributed by atoms with E-state index >= 15 is 4.39 Å². The van der Waals surface area contributed by atoms with E-state index in [0.717, 1.165) is 0 Å². The Balaban J connectivity index is 1.35. The van der Waals surface area contributed by atoms with Gasteiger partial charge in [-0.25, -0.2) is 22.3 Å². The van der Waals surface area contributed by atoms with E-state index in [1.807, 2.05) is 4.90 Å². The monoisotopic (exact) mass is 674 g/mol. The lowest BCUT2D eigenvalue weighted by molar-refractivity contribution is -0.0327. The van der Waals surface area contributed by atoms with Gasteiger partial charge in [0, 0.05) is 19.1 Å². The summed E-state index contributed by atoms with van der Waals surface area (Å²) in [7, 11) is -4.24. The van der Waals surface area contributed by atoms with E-state index in [-0.39, 0.29) is 64.4 Å². The quantitative estimate of drug-likeness (QED) is 0.159. The maximum atomic E-state index is 15.2. The Labute approximate surface area is 256 Å². The van der Waals surface area contributed by atoms with Crippen LogP contribution in [0.2, 0.25) is 0 Å². The van der Waals surface area contributed by atoms with Gasteiger partial charge in [-0.05, 0) is 61.7 Å². The van der Waals surface area contributed by atoms with Gasteiger partial charge in [0.15, 0.2) is 9.84 Å². The predicted molar refractivity (Wildman–Crippen MR) is 163 cm³/mol. The molecule has 0 aliphatic carbocycles. The summed E-state index contributed by atoms with van der Waals surface area (Å²) in [6.45, 7) is 3.75. The second kappa shape index (κ2) is 12.4. The molecule has 2 atom stereocenters.